The number of nitrogens with one attached hydrogen (secondary N) is 1. The molecule has 0 saturated heterocycles. The molecule has 1 aliphatic rings. The Morgan fingerprint density at radius 3 is 3.07 bits per heavy atom. The number of anilines is 2. The lowest BCUT2D eigenvalue weighted by Crippen LogP contribution is -2.44. The Morgan fingerprint density at radius 1 is 1.64 bits per heavy atom. The predicted octanol–water partition coefficient (Wildman–Crippen LogP) is 0.907. The first kappa shape index (κ1) is 9.21. The zero-order chi connectivity index (χ0) is 10.3. The van der Waals surface area contributed by atoms with Crippen molar-refractivity contribution in [2.75, 3.05) is 17.3 Å². The number of likely N-dealkylation sites (N-methyl/N-ethyl adjacent to an activating group) is 1. The third-order valence-corrected chi connectivity index (χ3v) is 2.47. The second kappa shape index (κ2) is 3.09. The lowest BCUT2D eigenvalue weighted by molar-refractivity contribution is -0.117. The molecular weight excluding hydrogens is 204 g/mol. The molecule has 5 nitrogen and oxygen atoms in total. The molecule has 0 aromatic carbocycles. The fourth-order valence-electron chi connectivity index (χ4n) is 1.31. The number of carbonyl (C=O) groups is 1. The minimum absolute atomic E-state index is 0.0640. The summed E-state index contributed by atoms with van der Waals surface area (Å²) in [5, 5.41) is 2.88. The standard InChI is InChI=1S/C8H9ClN4O/c1-4-7(14)11-5-3-10-8(9)12-6(5)13(4)2/h3-4H,1-2H3,(H,11,14)/t4-/m1/s1. The zero-order valence-electron chi connectivity index (χ0n) is 7.78. The number of hydrogen-bond donors (Lipinski definition) is 1. The summed E-state index contributed by atoms with van der Waals surface area (Å²) in [4.78, 5) is 21.0. The van der Waals surface area contributed by atoms with Gasteiger partial charge in [-0.05, 0) is 18.5 Å². The lowest BCUT2D eigenvalue weighted by Gasteiger charge is -2.31. The number of nitrogens with zero attached hydrogens (tertiary/aromatic N) is 3. The van der Waals surface area contributed by atoms with E-state index >= 15 is 0 Å². The third-order valence-electron chi connectivity index (χ3n) is 2.29. The first-order valence-corrected chi connectivity index (χ1v) is 4.53. The molecule has 1 aliphatic heterocycles. The van der Waals surface area contributed by atoms with Gasteiger partial charge in [0.2, 0.25) is 11.2 Å². The Hall–Kier alpha value is -1.36. The van der Waals surface area contributed by atoms with Crippen LogP contribution in [0.1, 0.15) is 6.92 Å². The highest BCUT2D eigenvalue weighted by Gasteiger charge is 2.28. The van der Waals surface area contributed by atoms with Crippen molar-refractivity contribution >= 4 is 29.0 Å². The predicted molar refractivity (Wildman–Crippen MR) is 53.5 cm³/mol. The quantitative estimate of drug-likeness (QED) is 0.650. The maximum atomic E-state index is 11.4. The number of aromatic nitrogens is 2. The smallest absolute Gasteiger partial charge is 0.246 e. The molecule has 2 heterocycles. The van der Waals surface area contributed by atoms with Crippen molar-refractivity contribution in [1.82, 2.24) is 9.97 Å². The van der Waals surface area contributed by atoms with E-state index in [9.17, 15) is 4.79 Å². The van der Waals surface area contributed by atoms with Gasteiger partial charge in [0.05, 0.1) is 6.20 Å². The molecule has 0 aliphatic carbocycles. The molecule has 0 spiro atoms. The summed E-state index contributed by atoms with van der Waals surface area (Å²) in [7, 11) is 1.80. The largest absolute Gasteiger partial charge is 0.346 e. The van der Waals surface area contributed by atoms with Gasteiger partial charge in [-0.25, -0.2) is 4.98 Å². The van der Waals surface area contributed by atoms with Gasteiger partial charge in [0.25, 0.3) is 0 Å². The van der Waals surface area contributed by atoms with Crippen LogP contribution < -0.4 is 10.2 Å². The zero-order valence-corrected chi connectivity index (χ0v) is 8.54. The Kier molecular flexibility index (Phi) is 2.03. The van der Waals surface area contributed by atoms with Crippen molar-refractivity contribution in [3.05, 3.63) is 11.5 Å². The van der Waals surface area contributed by atoms with Gasteiger partial charge < -0.3 is 10.2 Å². The fourth-order valence-corrected chi connectivity index (χ4v) is 1.43. The van der Waals surface area contributed by atoms with Gasteiger partial charge in [-0.3, -0.25) is 4.79 Å². The Bertz CT molecular complexity index is 395. The van der Waals surface area contributed by atoms with Crippen molar-refractivity contribution in [1.29, 1.82) is 0 Å². The molecular formula is C8H9ClN4O. The van der Waals surface area contributed by atoms with E-state index in [-0.39, 0.29) is 17.2 Å². The van der Waals surface area contributed by atoms with Crippen LogP contribution in [0.4, 0.5) is 11.5 Å². The van der Waals surface area contributed by atoms with Crippen LogP contribution in [0, 0.1) is 0 Å². The molecule has 14 heavy (non-hydrogen) atoms. The summed E-state index contributed by atoms with van der Waals surface area (Å²) in [5.41, 5.74) is 0.597. The molecule has 1 atom stereocenters. The average molecular weight is 213 g/mol. The van der Waals surface area contributed by atoms with Crippen LogP contribution in [0.2, 0.25) is 5.28 Å². The number of hydrogen-bond acceptors (Lipinski definition) is 4. The van der Waals surface area contributed by atoms with Crippen molar-refractivity contribution in [2.45, 2.75) is 13.0 Å². The molecule has 0 bridgehead atoms. The Morgan fingerprint density at radius 2 is 2.36 bits per heavy atom. The van der Waals surface area contributed by atoms with E-state index in [0.29, 0.717) is 11.5 Å². The van der Waals surface area contributed by atoms with E-state index in [1.807, 2.05) is 0 Å². The monoisotopic (exact) mass is 212 g/mol. The SMILES string of the molecule is C[C@@H]1C(=O)Nc2cnc(Cl)nc2N1C. The van der Waals surface area contributed by atoms with Crippen LogP contribution in [0.5, 0.6) is 0 Å². The number of carbonyl (C=O) groups excluding carboxylic acids is 1. The van der Waals surface area contributed by atoms with Gasteiger partial charge in [-0.1, -0.05) is 0 Å². The normalized spacial score (nSPS) is 20.4. The van der Waals surface area contributed by atoms with E-state index in [4.69, 9.17) is 11.6 Å². The fraction of sp³-hybridized carbons (Fsp3) is 0.375. The molecule has 0 saturated carbocycles. The molecule has 1 aromatic rings. The lowest BCUT2D eigenvalue weighted by atomic mass is 10.2. The van der Waals surface area contributed by atoms with Crippen LogP contribution in [0.25, 0.3) is 0 Å². The van der Waals surface area contributed by atoms with Crippen LogP contribution in [0.15, 0.2) is 6.20 Å². The minimum atomic E-state index is -0.242. The summed E-state index contributed by atoms with van der Waals surface area (Å²) in [6, 6.07) is -0.242. The number of amides is 1. The van der Waals surface area contributed by atoms with E-state index in [1.165, 1.54) is 6.20 Å². The van der Waals surface area contributed by atoms with Crippen LogP contribution in [-0.4, -0.2) is 29.0 Å². The first-order chi connectivity index (χ1) is 6.59. The number of rotatable bonds is 0. The van der Waals surface area contributed by atoms with Gasteiger partial charge >= 0.3 is 0 Å². The van der Waals surface area contributed by atoms with E-state index in [0.717, 1.165) is 0 Å². The molecule has 74 valence electrons. The summed E-state index contributed by atoms with van der Waals surface area (Å²) < 4.78 is 0. The van der Waals surface area contributed by atoms with E-state index in [2.05, 4.69) is 15.3 Å². The average Bonchev–Trinajstić information content (AvgIpc) is 2.16. The van der Waals surface area contributed by atoms with Crippen LogP contribution in [0.3, 0.4) is 0 Å². The van der Waals surface area contributed by atoms with Crippen molar-refractivity contribution in [3.8, 4) is 0 Å². The molecule has 1 aromatic heterocycles. The summed E-state index contributed by atoms with van der Waals surface area (Å²) in [5.74, 6) is 0.586. The van der Waals surface area contributed by atoms with Gasteiger partial charge in [0, 0.05) is 7.05 Å². The number of halogens is 1. The first-order valence-electron chi connectivity index (χ1n) is 4.16. The topological polar surface area (TPSA) is 58.1 Å². The van der Waals surface area contributed by atoms with Crippen LogP contribution in [-0.2, 0) is 4.79 Å². The molecule has 0 fully saturated rings. The van der Waals surface area contributed by atoms with E-state index in [1.54, 1.807) is 18.9 Å². The van der Waals surface area contributed by atoms with Gasteiger partial charge in [0.15, 0.2) is 5.82 Å². The maximum Gasteiger partial charge on any atom is 0.246 e. The maximum absolute atomic E-state index is 11.4. The van der Waals surface area contributed by atoms with Gasteiger partial charge in [0.1, 0.15) is 11.7 Å². The van der Waals surface area contributed by atoms with Crippen molar-refractivity contribution in [3.63, 3.8) is 0 Å². The molecule has 0 radical (unpaired) electrons. The second-order valence-corrected chi connectivity index (χ2v) is 3.49. The molecule has 6 heteroatoms. The molecule has 1 amide bonds. The highest BCUT2D eigenvalue weighted by molar-refractivity contribution is 6.28. The summed E-state index contributed by atoms with van der Waals surface area (Å²) in [6.45, 7) is 1.80. The van der Waals surface area contributed by atoms with Crippen LogP contribution >= 0.6 is 11.6 Å². The molecule has 2 rings (SSSR count). The Labute approximate surface area is 86.1 Å². The van der Waals surface area contributed by atoms with Gasteiger partial charge in [-0.2, -0.15) is 4.98 Å². The molecule has 0 unspecified atom stereocenters. The summed E-state index contributed by atoms with van der Waals surface area (Å²) >= 11 is 5.66. The minimum Gasteiger partial charge on any atom is -0.346 e. The molecule has 1 N–H and O–H groups in total. The highest BCUT2D eigenvalue weighted by atomic mass is 35.5. The Balaban J connectivity index is 2.51. The highest BCUT2D eigenvalue weighted by Crippen LogP contribution is 2.28. The third kappa shape index (κ3) is 1.29. The van der Waals surface area contributed by atoms with Crippen molar-refractivity contribution < 1.29 is 4.79 Å². The van der Waals surface area contributed by atoms with Crippen molar-refractivity contribution in [2.24, 2.45) is 0 Å². The van der Waals surface area contributed by atoms with E-state index < -0.39 is 0 Å². The summed E-state index contributed by atoms with van der Waals surface area (Å²) in [6.07, 6.45) is 1.50. The second-order valence-electron chi connectivity index (χ2n) is 3.15. The number of fused-ring (bicyclic) bond motifs is 1. The van der Waals surface area contributed by atoms with Gasteiger partial charge in [-0.15, -0.1) is 0 Å².